The van der Waals surface area contributed by atoms with Crippen LogP contribution in [0.4, 0.5) is 22.7 Å². The van der Waals surface area contributed by atoms with E-state index < -0.39 is 18.5 Å². The molecule has 0 bridgehead atoms. The molecule has 0 amide bonds. The van der Waals surface area contributed by atoms with Crippen LogP contribution in [0.3, 0.4) is 0 Å². The minimum atomic E-state index is -4.33. The van der Waals surface area contributed by atoms with Gasteiger partial charge in [0, 0.05) is 5.39 Å². The maximum Gasteiger partial charge on any atom is 0.405 e. The zero-order chi connectivity index (χ0) is 16.4. The highest BCUT2D eigenvalue weighted by Gasteiger charge is 2.27. The van der Waals surface area contributed by atoms with Crippen molar-refractivity contribution in [2.45, 2.75) is 15.5 Å². The molecule has 0 fully saturated rings. The molecule has 120 valence electrons. The highest BCUT2D eigenvalue weighted by molar-refractivity contribution is 8.01. The van der Waals surface area contributed by atoms with Crippen molar-refractivity contribution in [3.8, 4) is 0 Å². The maximum absolute atomic E-state index is 13.7. The number of benzene rings is 1. The largest absolute Gasteiger partial charge is 0.405 e. The molecule has 0 spiro atoms. The molecule has 0 saturated heterocycles. The first-order valence-corrected chi connectivity index (χ1v) is 7.77. The van der Waals surface area contributed by atoms with Gasteiger partial charge < -0.3 is 5.32 Å². The summed E-state index contributed by atoms with van der Waals surface area (Å²) in [6.45, 7) is -1.19. The zero-order valence-electron chi connectivity index (χ0n) is 11.1. The Kier molecular flexibility index (Phi) is 4.31. The van der Waals surface area contributed by atoms with Gasteiger partial charge in [-0.05, 0) is 23.9 Å². The molecular weight excluding hydrogens is 354 g/mol. The summed E-state index contributed by atoms with van der Waals surface area (Å²) in [6.07, 6.45) is -3.11. The number of anilines is 1. The highest BCUT2D eigenvalue weighted by atomic mass is 32.2. The van der Waals surface area contributed by atoms with Gasteiger partial charge in [0.2, 0.25) is 5.13 Å². The molecule has 23 heavy (non-hydrogen) atoms. The molecule has 0 saturated carbocycles. The van der Waals surface area contributed by atoms with Crippen LogP contribution in [0.5, 0.6) is 0 Å². The van der Waals surface area contributed by atoms with Crippen molar-refractivity contribution in [1.82, 2.24) is 20.2 Å². The molecule has 0 aliphatic carbocycles. The maximum atomic E-state index is 13.7. The number of para-hydroxylation sites is 1. The molecule has 5 nitrogen and oxygen atoms in total. The lowest BCUT2D eigenvalue weighted by Crippen LogP contribution is -2.21. The molecule has 0 aliphatic rings. The van der Waals surface area contributed by atoms with Gasteiger partial charge in [-0.2, -0.15) is 13.2 Å². The fourth-order valence-corrected chi connectivity index (χ4v) is 3.42. The molecular formula is C12H7F4N5S2. The predicted octanol–water partition coefficient (Wildman–Crippen LogP) is 3.75. The predicted molar refractivity (Wildman–Crippen MR) is 78.1 cm³/mol. The van der Waals surface area contributed by atoms with Crippen LogP contribution in [-0.2, 0) is 0 Å². The van der Waals surface area contributed by atoms with Gasteiger partial charge in [-0.3, -0.25) is 0 Å². The Balaban J connectivity index is 1.81. The van der Waals surface area contributed by atoms with Crippen LogP contribution in [0, 0.1) is 5.82 Å². The van der Waals surface area contributed by atoms with E-state index in [9.17, 15) is 17.6 Å². The lowest BCUT2D eigenvalue weighted by Gasteiger charge is -2.05. The smallest absolute Gasteiger partial charge is 0.351 e. The number of fused-ring (bicyclic) bond motifs is 1. The second-order valence-electron chi connectivity index (χ2n) is 4.26. The van der Waals surface area contributed by atoms with Gasteiger partial charge in [0.25, 0.3) is 0 Å². The van der Waals surface area contributed by atoms with Crippen molar-refractivity contribution in [2.75, 3.05) is 11.9 Å². The first-order chi connectivity index (χ1) is 10.9. The van der Waals surface area contributed by atoms with Crippen molar-refractivity contribution >= 4 is 39.1 Å². The number of nitrogens with zero attached hydrogens (tertiary/aromatic N) is 4. The van der Waals surface area contributed by atoms with Crippen LogP contribution in [0.25, 0.3) is 10.9 Å². The van der Waals surface area contributed by atoms with E-state index >= 15 is 0 Å². The lowest BCUT2D eigenvalue weighted by atomic mass is 10.2. The average molecular weight is 361 g/mol. The van der Waals surface area contributed by atoms with E-state index in [0.717, 1.165) is 23.1 Å². The summed E-state index contributed by atoms with van der Waals surface area (Å²) in [5.41, 5.74) is 0.171. The van der Waals surface area contributed by atoms with E-state index in [2.05, 4.69) is 25.5 Å². The standard InChI is InChI=1S/C12H7F4N5S2/c13-7-3-1-2-6-8(7)18-5-19-9(6)22-11-21-20-10(23-11)17-4-12(14,15)16/h1-3,5H,4H2,(H,17,20). The molecule has 2 heterocycles. The second-order valence-corrected chi connectivity index (χ2v) is 6.47. The van der Waals surface area contributed by atoms with Gasteiger partial charge in [0.1, 0.15) is 29.2 Å². The third kappa shape index (κ3) is 3.85. The van der Waals surface area contributed by atoms with Crippen molar-refractivity contribution in [3.63, 3.8) is 0 Å². The third-order valence-corrected chi connectivity index (χ3v) is 4.56. The van der Waals surface area contributed by atoms with E-state index in [1.54, 1.807) is 6.07 Å². The summed E-state index contributed by atoms with van der Waals surface area (Å²) in [7, 11) is 0. The number of nitrogens with one attached hydrogen (secondary N) is 1. The van der Waals surface area contributed by atoms with Crippen LogP contribution in [0.15, 0.2) is 33.9 Å². The Labute approximate surface area is 135 Å². The van der Waals surface area contributed by atoms with Crippen molar-refractivity contribution in [3.05, 3.63) is 30.3 Å². The number of hydrogen-bond donors (Lipinski definition) is 1. The number of hydrogen-bond acceptors (Lipinski definition) is 7. The Morgan fingerprint density at radius 3 is 2.78 bits per heavy atom. The van der Waals surface area contributed by atoms with E-state index in [-0.39, 0.29) is 10.6 Å². The van der Waals surface area contributed by atoms with Crippen LogP contribution < -0.4 is 5.32 Å². The second kappa shape index (κ2) is 6.24. The fraction of sp³-hybridized carbons (Fsp3) is 0.167. The molecule has 11 heteroatoms. The molecule has 3 rings (SSSR count). The van der Waals surface area contributed by atoms with E-state index in [0.29, 0.717) is 14.8 Å². The molecule has 0 atom stereocenters. The summed E-state index contributed by atoms with van der Waals surface area (Å²) in [5.74, 6) is -0.475. The first kappa shape index (κ1) is 15.9. The van der Waals surface area contributed by atoms with Gasteiger partial charge in [-0.25, -0.2) is 14.4 Å². The topological polar surface area (TPSA) is 63.6 Å². The van der Waals surface area contributed by atoms with Crippen LogP contribution >= 0.6 is 23.1 Å². The molecule has 3 aromatic rings. The number of rotatable bonds is 4. The molecule has 0 aliphatic heterocycles. The number of aromatic nitrogens is 4. The number of halogens is 4. The SMILES string of the molecule is Fc1cccc2c(Sc3nnc(NCC(F)(F)F)s3)ncnc12. The van der Waals surface area contributed by atoms with Crippen molar-refractivity contribution in [2.24, 2.45) is 0 Å². The molecule has 0 radical (unpaired) electrons. The van der Waals surface area contributed by atoms with Gasteiger partial charge >= 0.3 is 6.18 Å². The monoisotopic (exact) mass is 361 g/mol. The van der Waals surface area contributed by atoms with Gasteiger partial charge in [-0.15, -0.1) is 10.2 Å². The summed E-state index contributed by atoms with van der Waals surface area (Å²) in [5, 5.41) is 10.6. The molecule has 2 aromatic heterocycles. The molecule has 1 N–H and O–H groups in total. The summed E-state index contributed by atoms with van der Waals surface area (Å²) >= 11 is 2.04. The average Bonchev–Trinajstić information content (AvgIpc) is 2.93. The summed E-state index contributed by atoms with van der Waals surface area (Å²) in [4.78, 5) is 7.94. The van der Waals surface area contributed by atoms with Crippen molar-refractivity contribution < 1.29 is 17.6 Å². The van der Waals surface area contributed by atoms with Crippen molar-refractivity contribution in [1.29, 1.82) is 0 Å². The Hall–Kier alpha value is -2.01. The number of alkyl halides is 3. The van der Waals surface area contributed by atoms with Gasteiger partial charge in [0.15, 0.2) is 4.34 Å². The van der Waals surface area contributed by atoms with E-state index in [4.69, 9.17) is 0 Å². The summed E-state index contributed by atoms with van der Waals surface area (Å²) < 4.78 is 50.5. The Morgan fingerprint density at radius 1 is 1.17 bits per heavy atom. The lowest BCUT2D eigenvalue weighted by molar-refractivity contribution is -0.115. The van der Waals surface area contributed by atoms with E-state index in [1.807, 2.05) is 0 Å². The third-order valence-electron chi connectivity index (χ3n) is 2.61. The quantitative estimate of drug-likeness (QED) is 0.564. The van der Waals surface area contributed by atoms with E-state index in [1.165, 1.54) is 18.5 Å². The summed E-state index contributed by atoms with van der Waals surface area (Å²) in [6, 6.07) is 4.47. The zero-order valence-corrected chi connectivity index (χ0v) is 12.8. The van der Waals surface area contributed by atoms with Crippen LogP contribution in [-0.4, -0.2) is 32.9 Å². The highest BCUT2D eigenvalue weighted by Crippen LogP contribution is 2.34. The molecule has 1 aromatic carbocycles. The van der Waals surface area contributed by atoms with Gasteiger partial charge in [0.05, 0.1) is 0 Å². The normalized spacial score (nSPS) is 11.8. The van der Waals surface area contributed by atoms with Gasteiger partial charge in [-0.1, -0.05) is 17.4 Å². The minimum absolute atomic E-state index is 0.0503. The molecule has 0 unspecified atom stereocenters. The Bertz CT molecular complexity index is 836. The Morgan fingerprint density at radius 2 is 2.00 bits per heavy atom. The van der Waals surface area contributed by atoms with Crippen LogP contribution in [0.1, 0.15) is 0 Å². The minimum Gasteiger partial charge on any atom is -0.351 e. The fourth-order valence-electron chi connectivity index (χ4n) is 1.69. The first-order valence-electron chi connectivity index (χ1n) is 6.13. The van der Waals surface area contributed by atoms with Crippen LogP contribution in [0.2, 0.25) is 0 Å².